The molecule has 19 heavy (non-hydrogen) atoms. The lowest BCUT2D eigenvalue weighted by Gasteiger charge is -2.55. The minimum Gasteiger partial charge on any atom is -0.303 e. The SMILES string of the molecule is N#CC1CCN(CC2C3CC4CC(C3)CC2C4)CC1. The van der Waals surface area contributed by atoms with Crippen LogP contribution < -0.4 is 0 Å². The second-order valence-corrected chi connectivity index (χ2v) is 7.80. The average Bonchev–Trinajstić information content (AvgIpc) is 2.43. The van der Waals surface area contributed by atoms with Crippen molar-refractivity contribution in [1.29, 1.82) is 5.26 Å². The molecule has 4 saturated carbocycles. The third kappa shape index (κ3) is 2.21. The van der Waals surface area contributed by atoms with Gasteiger partial charge in [0.1, 0.15) is 0 Å². The fourth-order valence-electron chi connectivity index (χ4n) is 5.88. The molecular weight excluding hydrogens is 232 g/mol. The zero-order chi connectivity index (χ0) is 12.8. The van der Waals surface area contributed by atoms with Crippen molar-refractivity contribution in [1.82, 2.24) is 4.90 Å². The van der Waals surface area contributed by atoms with Crippen molar-refractivity contribution in [3.63, 3.8) is 0 Å². The quantitative estimate of drug-likeness (QED) is 0.760. The van der Waals surface area contributed by atoms with Crippen molar-refractivity contribution < 1.29 is 0 Å². The van der Waals surface area contributed by atoms with E-state index in [1.165, 1.54) is 19.6 Å². The van der Waals surface area contributed by atoms with E-state index in [0.717, 1.165) is 42.4 Å². The van der Waals surface area contributed by atoms with Crippen LogP contribution in [-0.2, 0) is 0 Å². The van der Waals surface area contributed by atoms with Gasteiger partial charge < -0.3 is 4.90 Å². The van der Waals surface area contributed by atoms with Gasteiger partial charge in [-0.05, 0) is 87.6 Å². The maximum atomic E-state index is 9.00. The Morgan fingerprint density at radius 1 is 0.895 bits per heavy atom. The monoisotopic (exact) mass is 258 g/mol. The van der Waals surface area contributed by atoms with Crippen LogP contribution in [0.25, 0.3) is 0 Å². The maximum absolute atomic E-state index is 9.00. The lowest BCUT2D eigenvalue weighted by atomic mass is 9.52. The van der Waals surface area contributed by atoms with Crippen LogP contribution in [-0.4, -0.2) is 24.5 Å². The van der Waals surface area contributed by atoms with Crippen LogP contribution in [0.2, 0.25) is 0 Å². The highest BCUT2D eigenvalue weighted by molar-refractivity contribution is 4.99. The highest BCUT2D eigenvalue weighted by atomic mass is 15.1. The summed E-state index contributed by atoms with van der Waals surface area (Å²) in [5.74, 6) is 5.67. The zero-order valence-electron chi connectivity index (χ0n) is 11.9. The highest BCUT2D eigenvalue weighted by Crippen LogP contribution is 2.56. The highest BCUT2D eigenvalue weighted by Gasteiger charge is 2.48. The fraction of sp³-hybridized carbons (Fsp3) is 0.941. The Labute approximate surface area is 117 Å². The standard InChI is InChI=1S/C17H26N2/c18-10-12-1-3-19(4-2-12)11-17-15-6-13-5-14(8-15)9-16(17)7-13/h12-17H,1-9,11H2. The van der Waals surface area contributed by atoms with E-state index in [1.54, 1.807) is 32.1 Å². The van der Waals surface area contributed by atoms with Crippen molar-refractivity contribution in [2.45, 2.75) is 44.9 Å². The molecule has 1 heterocycles. The minimum absolute atomic E-state index is 0.342. The largest absolute Gasteiger partial charge is 0.303 e. The Kier molecular flexibility index (Phi) is 3.07. The summed E-state index contributed by atoms with van der Waals surface area (Å²) in [5.41, 5.74) is 0. The smallest absolute Gasteiger partial charge is 0.0656 e. The van der Waals surface area contributed by atoms with Crippen LogP contribution in [0.3, 0.4) is 0 Å². The Morgan fingerprint density at radius 3 is 2.00 bits per heavy atom. The lowest BCUT2D eigenvalue weighted by molar-refractivity contribution is -0.0512. The van der Waals surface area contributed by atoms with Gasteiger partial charge in [-0.3, -0.25) is 0 Å². The van der Waals surface area contributed by atoms with Gasteiger partial charge in [-0.1, -0.05) is 0 Å². The first-order valence-electron chi connectivity index (χ1n) is 8.43. The molecule has 4 aliphatic carbocycles. The van der Waals surface area contributed by atoms with E-state index in [0.29, 0.717) is 5.92 Å². The second-order valence-electron chi connectivity index (χ2n) is 7.80. The van der Waals surface area contributed by atoms with Gasteiger partial charge in [-0.25, -0.2) is 0 Å². The van der Waals surface area contributed by atoms with Gasteiger partial charge in [0.25, 0.3) is 0 Å². The molecular formula is C17H26N2. The molecule has 0 N–H and O–H groups in total. The molecule has 104 valence electrons. The van der Waals surface area contributed by atoms with Gasteiger partial charge >= 0.3 is 0 Å². The van der Waals surface area contributed by atoms with Crippen LogP contribution in [0, 0.1) is 46.8 Å². The van der Waals surface area contributed by atoms with Gasteiger partial charge in [0.05, 0.1) is 6.07 Å². The zero-order valence-corrected chi connectivity index (χ0v) is 11.9. The molecule has 4 bridgehead atoms. The van der Waals surface area contributed by atoms with Crippen molar-refractivity contribution >= 4 is 0 Å². The van der Waals surface area contributed by atoms with E-state index in [4.69, 9.17) is 5.26 Å². The van der Waals surface area contributed by atoms with E-state index >= 15 is 0 Å². The molecule has 0 aromatic heterocycles. The number of hydrogen-bond acceptors (Lipinski definition) is 2. The molecule has 0 spiro atoms. The molecule has 2 heteroatoms. The maximum Gasteiger partial charge on any atom is 0.0656 e. The topological polar surface area (TPSA) is 27.0 Å². The molecule has 5 aliphatic rings. The lowest BCUT2D eigenvalue weighted by Crippen LogP contribution is -2.50. The van der Waals surface area contributed by atoms with E-state index in [9.17, 15) is 0 Å². The average molecular weight is 258 g/mol. The molecule has 0 unspecified atom stereocenters. The third-order valence-corrected chi connectivity index (χ3v) is 6.66. The van der Waals surface area contributed by atoms with Gasteiger partial charge in [-0.2, -0.15) is 5.26 Å². The predicted octanol–water partition coefficient (Wildman–Crippen LogP) is 3.29. The Balaban J connectivity index is 1.37. The number of nitriles is 1. The summed E-state index contributed by atoms with van der Waals surface area (Å²) in [4.78, 5) is 2.68. The van der Waals surface area contributed by atoms with Crippen molar-refractivity contribution in [2.75, 3.05) is 19.6 Å². The van der Waals surface area contributed by atoms with E-state index in [1.807, 2.05) is 0 Å². The van der Waals surface area contributed by atoms with Crippen molar-refractivity contribution in [3.8, 4) is 6.07 Å². The predicted molar refractivity (Wildman–Crippen MR) is 75.3 cm³/mol. The molecule has 2 nitrogen and oxygen atoms in total. The fourth-order valence-corrected chi connectivity index (χ4v) is 5.88. The van der Waals surface area contributed by atoms with Gasteiger partial charge in [0, 0.05) is 12.5 Å². The number of likely N-dealkylation sites (tertiary alicyclic amines) is 1. The summed E-state index contributed by atoms with van der Waals surface area (Å²) in [5, 5.41) is 9.00. The number of nitrogens with zero attached hydrogens (tertiary/aromatic N) is 2. The molecule has 5 fully saturated rings. The first-order valence-corrected chi connectivity index (χ1v) is 8.43. The van der Waals surface area contributed by atoms with E-state index < -0.39 is 0 Å². The summed E-state index contributed by atoms with van der Waals surface area (Å²) in [6, 6.07) is 2.45. The van der Waals surface area contributed by atoms with Gasteiger partial charge in [-0.15, -0.1) is 0 Å². The minimum atomic E-state index is 0.342. The normalized spacial score (nSPS) is 46.4. The van der Waals surface area contributed by atoms with Gasteiger partial charge in [0.15, 0.2) is 0 Å². The summed E-state index contributed by atoms with van der Waals surface area (Å²) in [6.07, 6.45) is 9.98. The Bertz CT molecular complexity index is 347. The van der Waals surface area contributed by atoms with Gasteiger partial charge in [0.2, 0.25) is 0 Å². The van der Waals surface area contributed by atoms with Crippen molar-refractivity contribution in [2.24, 2.45) is 35.5 Å². The van der Waals surface area contributed by atoms with Crippen LogP contribution >= 0.6 is 0 Å². The third-order valence-electron chi connectivity index (χ3n) is 6.66. The molecule has 1 saturated heterocycles. The van der Waals surface area contributed by atoms with Crippen LogP contribution in [0.1, 0.15) is 44.9 Å². The van der Waals surface area contributed by atoms with Crippen molar-refractivity contribution in [3.05, 3.63) is 0 Å². The molecule has 1 aliphatic heterocycles. The number of hydrogen-bond donors (Lipinski definition) is 0. The molecule has 0 amide bonds. The molecule has 5 rings (SSSR count). The van der Waals surface area contributed by atoms with Crippen LogP contribution in [0.4, 0.5) is 0 Å². The molecule has 0 aromatic carbocycles. The summed E-state index contributed by atoms with van der Waals surface area (Å²) >= 11 is 0. The Morgan fingerprint density at radius 2 is 1.47 bits per heavy atom. The van der Waals surface area contributed by atoms with E-state index in [-0.39, 0.29) is 0 Å². The molecule has 0 aromatic rings. The summed E-state index contributed by atoms with van der Waals surface area (Å²) in [7, 11) is 0. The Hall–Kier alpha value is -0.550. The first kappa shape index (κ1) is 12.2. The molecule has 0 radical (unpaired) electrons. The summed E-state index contributed by atoms with van der Waals surface area (Å²) in [6.45, 7) is 3.72. The number of rotatable bonds is 2. The van der Waals surface area contributed by atoms with Crippen LogP contribution in [0.15, 0.2) is 0 Å². The second kappa shape index (κ2) is 4.77. The summed E-state index contributed by atoms with van der Waals surface area (Å²) < 4.78 is 0. The van der Waals surface area contributed by atoms with E-state index in [2.05, 4.69) is 11.0 Å². The van der Waals surface area contributed by atoms with Crippen LogP contribution in [0.5, 0.6) is 0 Å². The first-order chi connectivity index (χ1) is 9.31. The molecule has 0 atom stereocenters. The number of piperidine rings is 1.